The van der Waals surface area contributed by atoms with Gasteiger partial charge in [-0.05, 0) is 55.3 Å². The number of carbonyl (C=O) groups is 1. The minimum Gasteiger partial charge on any atom is -0.491 e. The van der Waals surface area contributed by atoms with Gasteiger partial charge in [-0.3, -0.25) is 4.79 Å². The summed E-state index contributed by atoms with van der Waals surface area (Å²) in [5, 5.41) is 3.12. The van der Waals surface area contributed by atoms with E-state index in [1.165, 1.54) is 19.3 Å². The standard InChI is InChI=1S/C23H23ClFN3O3/c1-4-31-21-13-16(11-18(24)23(21)30-3)6-8-22(29)27-14-17-5-7-20(19(25)12-17)28-10-9-26-15(28)2/h5-13H,4,14H2,1-3H3,(H,27,29)/b8-6+. The van der Waals surface area contributed by atoms with Crippen molar-refractivity contribution in [3.8, 4) is 17.2 Å². The van der Waals surface area contributed by atoms with Gasteiger partial charge in [0.2, 0.25) is 5.91 Å². The van der Waals surface area contributed by atoms with Crippen LogP contribution in [0.5, 0.6) is 11.5 Å². The fraction of sp³-hybridized carbons (Fsp3) is 0.217. The van der Waals surface area contributed by atoms with Gasteiger partial charge in [0.1, 0.15) is 11.6 Å². The number of amides is 1. The summed E-state index contributed by atoms with van der Waals surface area (Å²) in [5.74, 6) is 0.929. The molecule has 1 N–H and O–H groups in total. The lowest BCUT2D eigenvalue weighted by Gasteiger charge is -2.11. The number of benzene rings is 2. The second kappa shape index (κ2) is 10.1. The van der Waals surface area contributed by atoms with Crippen LogP contribution in [0.25, 0.3) is 11.8 Å². The number of rotatable bonds is 8. The average molecular weight is 444 g/mol. The number of hydrogen-bond acceptors (Lipinski definition) is 4. The molecular formula is C23H23ClFN3O3. The van der Waals surface area contributed by atoms with Crippen LogP contribution in [0.4, 0.5) is 4.39 Å². The first-order valence-electron chi connectivity index (χ1n) is 9.68. The van der Waals surface area contributed by atoms with E-state index in [4.69, 9.17) is 21.1 Å². The summed E-state index contributed by atoms with van der Waals surface area (Å²) in [4.78, 5) is 16.3. The van der Waals surface area contributed by atoms with E-state index in [2.05, 4.69) is 10.3 Å². The molecule has 0 aliphatic rings. The van der Waals surface area contributed by atoms with Gasteiger partial charge in [0.15, 0.2) is 11.5 Å². The molecule has 0 aliphatic carbocycles. The van der Waals surface area contributed by atoms with Crippen molar-refractivity contribution in [3.63, 3.8) is 0 Å². The van der Waals surface area contributed by atoms with E-state index in [0.29, 0.717) is 45.8 Å². The summed E-state index contributed by atoms with van der Waals surface area (Å²) in [5.41, 5.74) is 1.74. The number of halogens is 2. The van der Waals surface area contributed by atoms with E-state index in [1.54, 1.807) is 54.2 Å². The first kappa shape index (κ1) is 22.4. The number of nitrogens with one attached hydrogen (secondary N) is 1. The van der Waals surface area contributed by atoms with E-state index in [1.807, 2.05) is 6.92 Å². The molecule has 8 heteroatoms. The molecule has 3 rings (SSSR count). The van der Waals surface area contributed by atoms with E-state index in [0.717, 1.165) is 0 Å². The number of methoxy groups -OCH3 is 1. The highest BCUT2D eigenvalue weighted by Gasteiger charge is 2.11. The van der Waals surface area contributed by atoms with Crippen LogP contribution in [0.1, 0.15) is 23.9 Å². The fourth-order valence-electron chi connectivity index (χ4n) is 3.05. The van der Waals surface area contributed by atoms with Crippen LogP contribution < -0.4 is 14.8 Å². The minimum atomic E-state index is -0.389. The summed E-state index contributed by atoms with van der Waals surface area (Å²) in [6.07, 6.45) is 6.31. The molecule has 6 nitrogen and oxygen atoms in total. The summed E-state index contributed by atoms with van der Waals surface area (Å²) < 4.78 is 26.9. The first-order chi connectivity index (χ1) is 14.9. The molecule has 3 aromatic rings. The van der Waals surface area contributed by atoms with Crippen LogP contribution in [-0.2, 0) is 11.3 Å². The molecule has 0 saturated carbocycles. The van der Waals surface area contributed by atoms with Crippen molar-refractivity contribution in [1.82, 2.24) is 14.9 Å². The van der Waals surface area contributed by atoms with Crippen molar-refractivity contribution in [1.29, 1.82) is 0 Å². The van der Waals surface area contributed by atoms with Gasteiger partial charge in [0.25, 0.3) is 0 Å². The molecule has 0 radical (unpaired) electrons. The van der Waals surface area contributed by atoms with Gasteiger partial charge in [-0.15, -0.1) is 0 Å². The lowest BCUT2D eigenvalue weighted by molar-refractivity contribution is -0.116. The third-order valence-electron chi connectivity index (χ3n) is 4.53. The van der Waals surface area contributed by atoms with E-state index < -0.39 is 0 Å². The lowest BCUT2D eigenvalue weighted by Crippen LogP contribution is -2.20. The number of aryl methyl sites for hydroxylation is 1. The summed E-state index contributed by atoms with van der Waals surface area (Å²) in [7, 11) is 1.51. The van der Waals surface area contributed by atoms with Gasteiger partial charge in [-0.2, -0.15) is 0 Å². The molecule has 0 atom stereocenters. The topological polar surface area (TPSA) is 65.4 Å². The van der Waals surface area contributed by atoms with Gasteiger partial charge >= 0.3 is 0 Å². The zero-order chi connectivity index (χ0) is 22.4. The number of hydrogen-bond donors (Lipinski definition) is 1. The van der Waals surface area contributed by atoms with Crippen LogP contribution in [0.3, 0.4) is 0 Å². The zero-order valence-electron chi connectivity index (χ0n) is 17.5. The monoisotopic (exact) mass is 443 g/mol. The number of nitrogens with zero attached hydrogens (tertiary/aromatic N) is 2. The molecule has 0 saturated heterocycles. The van der Waals surface area contributed by atoms with Crippen molar-refractivity contribution in [3.05, 3.63) is 76.6 Å². The Bertz CT molecular complexity index is 1110. The molecule has 0 unspecified atom stereocenters. The molecule has 1 aromatic heterocycles. The summed E-state index contributed by atoms with van der Waals surface area (Å²) in [6.45, 7) is 4.30. The lowest BCUT2D eigenvalue weighted by atomic mass is 10.1. The molecule has 0 aliphatic heterocycles. The molecule has 1 amide bonds. The molecule has 162 valence electrons. The summed E-state index contributed by atoms with van der Waals surface area (Å²) in [6, 6.07) is 8.24. The Kier molecular flexibility index (Phi) is 7.31. The number of aromatic nitrogens is 2. The SMILES string of the molecule is CCOc1cc(/C=C/C(=O)NCc2ccc(-n3ccnc3C)c(F)c2)cc(Cl)c1OC. The average Bonchev–Trinajstić information content (AvgIpc) is 3.16. The molecular weight excluding hydrogens is 421 g/mol. The van der Waals surface area contributed by atoms with Crippen LogP contribution in [0.15, 0.2) is 48.8 Å². The van der Waals surface area contributed by atoms with Crippen LogP contribution in [0.2, 0.25) is 5.02 Å². The second-order valence-electron chi connectivity index (χ2n) is 6.65. The Hall–Kier alpha value is -3.32. The van der Waals surface area contributed by atoms with Crippen molar-refractivity contribution in [2.75, 3.05) is 13.7 Å². The molecule has 31 heavy (non-hydrogen) atoms. The zero-order valence-corrected chi connectivity index (χ0v) is 18.2. The Morgan fingerprint density at radius 1 is 1.32 bits per heavy atom. The molecule has 0 bridgehead atoms. The largest absolute Gasteiger partial charge is 0.491 e. The van der Waals surface area contributed by atoms with Gasteiger partial charge in [0.05, 0.1) is 24.4 Å². The van der Waals surface area contributed by atoms with E-state index in [-0.39, 0.29) is 18.3 Å². The first-order valence-corrected chi connectivity index (χ1v) is 10.1. The Labute approximate surface area is 185 Å². The highest BCUT2D eigenvalue weighted by atomic mass is 35.5. The van der Waals surface area contributed by atoms with Gasteiger partial charge in [0, 0.05) is 25.0 Å². The summed E-state index contributed by atoms with van der Waals surface area (Å²) >= 11 is 6.22. The second-order valence-corrected chi connectivity index (χ2v) is 7.06. The highest BCUT2D eigenvalue weighted by Crippen LogP contribution is 2.36. The predicted molar refractivity (Wildman–Crippen MR) is 118 cm³/mol. The molecule has 2 aromatic carbocycles. The van der Waals surface area contributed by atoms with Crippen LogP contribution in [-0.4, -0.2) is 29.2 Å². The Morgan fingerprint density at radius 3 is 2.77 bits per heavy atom. The van der Waals surface area contributed by atoms with Gasteiger partial charge in [-0.1, -0.05) is 17.7 Å². The van der Waals surface area contributed by atoms with Crippen LogP contribution in [0, 0.1) is 12.7 Å². The number of ether oxygens (including phenoxy) is 2. The quantitative estimate of drug-likeness (QED) is 0.512. The highest BCUT2D eigenvalue weighted by molar-refractivity contribution is 6.32. The minimum absolute atomic E-state index is 0.191. The van der Waals surface area contributed by atoms with E-state index >= 15 is 0 Å². The maximum absolute atomic E-state index is 14.5. The van der Waals surface area contributed by atoms with Gasteiger partial charge < -0.3 is 19.4 Å². The predicted octanol–water partition coefficient (Wildman–Crippen LogP) is 4.71. The van der Waals surface area contributed by atoms with E-state index in [9.17, 15) is 9.18 Å². The van der Waals surface area contributed by atoms with Crippen molar-refractivity contribution in [2.24, 2.45) is 0 Å². The Balaban J connectivity index is 1.64. The Morgan fingerprint density at radius 2 is 2.13 bits per heavy atom. The van der Waals surface area contributed by atoms with Crippen molar-refractivity contribution in [2.45, 2.75) is 20.4 Å². The maximum atomic E-state index is 14.5. The molecule has 0 fully saturated rings. The number of carbonyl (C=O) groups excluding carboxylic acids is 1. The van der Waals surface area contributed by atoms with Crippen LogP contribution >= 0.6 is 11.6 Å². The van der Waals surface area contributed by atoms with Crippen molar-refractivity contribution < 1.29 is 18.7 Å². The van der Waals surface area contributed by atoms with Gasteiger partial charge in [-0.25, -0.2) is 9.37 Å². The fourth-order valence-corrected chi connectivity index (χ4v) is 3.35. The molecule has 0 spiro atoms. The third-order valence-corrected chi connectivity index (χ3v) is 4.81. The normalized spacial score (nSPS) is 11.0. The van der Waals surface area contributed by atoms with Crippen molar-refractivity contribution >= 4 is 23.6 Å². The molecule has 1 heterocycles. The third kappa shape index (κ3) is 5.44. The number of imidazole rings is 1. The smallest absolute Gasteiger partial charge is 0.244 e. The maximum Gasteiger partial charge on any atom is 0.244 e.